The van der Waals surface area contributed by atoms with Crippen molar-refractivity contribution in [2.45, 2.75) is 70.9 Å². The number of aromatic nitrogens is 8. The average Bonchev–Trinajstić information content (AvgIpc) is 4.22. The normalized spacial score (nSPS) is 13.7. The second-order valence-electron chi connectivity index (χ2n) is 16.9. The Balaban J connectivity index is 0.000000279. The Kier molecular flexibility index (Phi) is 26.5. The summed E-state index contributed by atoms with van der Waals surface area (Å²) >= 11 is 6.21. The van der Waals surface area contributed by atoms with Crippen molar-refractivity contribution in [3.05, 3.63) is 95.0 Å². The number of carbonyl (C=O) groups excluding carboxylic acids is 1. The zero-order chi connectivity index (χ0) is 51.9. The molecule has 4 N–H and O–H groups in total. The van der Waals surface area contributed by atoms with E-state index in [2.05, 4.69) is 61.2 Å². The molecule has 25 heteroatoms. The Hall–Kier alpha value is -2.94. The van der Waals surface area contributed by atoms with Gasteiger partial charge >= 0.3 is 103 Å². The predicted octanol–water partition coefficient (Wildman–Crippen LogP) is 3.57. The molecule has 7 heterocycles. The smallest absolute Gasteiger partial charge is 1.00 e. The molecule has 0 radical (unpaired) electrons. The van der Waals surface area contributed by atoms with Crippen LogP contribution in [-0.2, 0) is 9.68 Å². The number of nitrogens with one attached hydrogen (secondary N) is 2. The molecule has 8 aromatic rings. The molecule has 6 aromatic heterocycles. The number of benzene rings is 2. The number of hydrogen-bond donors (Lipinski definition) is 4. The minimum Gasteiger partial charge on any atom is -1.00 e. The molecule has 2 fully saturated rings. The zero-order valence-electron chi connectivity index (χ0n) is 43.8. The first-order chi connectivity index (χ1) is 35.5. The number of likely N-dealkylation sites (tertiary alicyclic amines) is 1. The quantitative estimate of drug-likeness (QED) is 0.0402. The molecule has 1 saturated heterocycles. The van der Waals surface area contributed by atoms with Gasteiger partial charge in [-0.2, -0.15) is 10.2 Å². The predicted molar refractivity (Wildman–Crippen MR) is 282 cm³/mol. The molecular formula is C50H58BrF2K2N11O7S2. The molecule has 1 aliphatic carbocycles. The van der Waals surface area contributed by atoms with E-state index in [1.165, 1.54) is 63.5 Å². The maximum absolute atomic E-state index is 13.8. The Morgan fingerprint density at radius 3 is 1.59 bits per heavy atom. The number of rotatable bonds is 14. The molecule has 0 bridgehead atoms. The number of halogens is 3. The van der Waals surface area contributed by atoms with Crippen LogP contribution >= 0.6 is 38.6 Å². The summed E-state index contributed by atoms with van der Waals surface area (Å²) in [7, 11) is 3.09. The van der Waals surface area contributed by atoms with E-state index in [0.717, 1.165) is 96.3 Å². The van der Waals surface area contributed by atoms with Crippen molar-refractivity contribution in [1.82, 2.24) is 44.4 Å². The summed E-state index contributed by atoms with van der Waals surface area (Å²) in [5.41, 5.74) is 6.81. The van der Waals surface area contributed by atoms with E-state index < -0.39 is 0 Å². The number of aliphatic hydroxyl groups is 2. The first-order valence-electron chi connectivity index (χ1n) is 23.6. The van der Waals surface area contributed by atoms with Crippen LogP contribution in [0.4, 0.5) is 32.1 Å². The van der Waals surface area contributed by atoms with Gasteiger partial charge in [0.1, 0.15) is 23.1 Å². The molecular weight excluding hydrogens is 1130 g/mol. The molecule has 75 heavy (non-hydrogen) atoms. The van der Waals surface area contributed by atoms with Crippen molar-refractivity contribution in [2.24, 2.45) is 0 Å². The molecule has 1 aliphatic heterocycles. The molecule has 0 unspecified atom stereocenters. The van der Waals surface area contributed by atoms with Crippen LogP contribution in [0.3, 0.4) is 0 Å². The van der Waals surface area contributed by atoms with Crippen LogP contribution in [0.15, 0.2) is 73.6 Å². The Morgan fingerprint density at radius 2 is 1.19 bits per heavy atom. The largest absolute Gasteiger partial charge is 1.00 e. The zero-order valence-corrected chi connectivity index (χ0v) is 52.2. The first kappa shape index (κ1) is 62.9. The Bertz CT molecular complexity index is 3070. The molecule has 18 nitrogen and oxygen atoms in total. The van der Waals surface area contributed by atoms with Gasteiger partial charge in [0.25, 0.3) is 6.47 Å². The minimum atomic E-state index is -0.342. The summed E-state index contributed by atoms with van der Waals surface area (Å²) in [6, 6.07) is 9.96. The number of nitrogens with zero attached hydrogens (tertiary/aromatic N) is 9. The van der Waals surface area contributed by atoms with Gasteiger partial charge in [-0.05, 0) is 63.8 Å². The van der Waals surface area contributed by atoms with Gasteiger partial charge in [0.15, 0.2) is 0 Å². The molecule has 0 amide bonds. The standard InChI is InChI=1S/C24H27FN6O2S.C23H24FN5OS.C2H5BrO.CH2O3.2K.H/c1-15-22(19-4-3-16(25)11-20(19)33-2)23-21(34-15)13-26-24(29-23)28-17-12-27-31(14-17)18-5-7-30(8-6-18)9-10-32;1-14-21(18-9-8-15(24)10-19(18)30-2)22-20(31-14)12-25-23(28-22)27-16-11-26-29(13-16)17-6-4-3-5-7-17;3-1-2-4;2-1-4-3;;;/h3-4,11-14,18,32H,5-10H2,1-2H3,(H,26,28,29);8-13,17H,3-7H2,1-2H3,(H,25,27,28);4H,1-2H2;1,3H;;;/q;;;;2*+1;-1/p-1. The fourth-order valence-electron chi connectivity index (χ4n) is 8.87. The van der Waals surface area contributed by atoms with E-state index in [4.69, 9.17) is 39.7 Å². The Labute approximate surface area is 536 Å². The van der Waals surface area contributed by atoms with Gasteiger partial charge in [0.05, 0.1) is 96.1 Å². The van der Waals surface area contributed by atoms with E-state index in [-0.39, 0.29) is 136 Å². The number of anilines is 4. The monoisotopic (exact) mass is 1180 g/mol. The number of piperidine rings is 1. The van der Waals surface area contributed by atoms with E-state index in [9.17, 15) is 8.78 Å². The van der Waals surface area contributed by atoms with Crippen molar-refractivity contribution in [3.63, 3.8) is 0 Å². The van der Waals surface area contributed by atoms with Gasteiger partial charge in [0.2, 0.25) is 11.9 Å². The number of methoxy groups -OCH3 is 2. The minimum absolute atomic E-state index is 0. The number of hydrogen-bond acceptors (Lipinski definition) is 18. The first-order valence-corrected chi connectivity index (χ1v) is 26.3. The van der Waals surface area contributed by atoms with Crippen molar-refractivity contribution >= 4 is 88.8 Å². The summed E-state index contributed by atoms with van der Waals surface area (Å²) in [6.45, 7) is 6.96. The number of carbonyl (C=O) groups is 1. The number of thiophene rings is 2. The second kappa shape index (κ2) is 31.6. The third kappa shape index (κ3) is 16.8. The van der Waals surface area contributed by atoms with Crippen LogP contribution < -0.4 is 128 Å². The number of fused-ring (bicyclic) bond motifs is 2. The van der Waals surface area contributed by atoms with E-state index in [1.807, 2.05) is 49.5 Å². The van der Waals surface area contributed by atoms with Crippen LogP contribution in [0, 0.1) is 25.5 Å². The molecule has 2 aliphatic rings. The topological polar surface area (TPSA) is 223 Å². The molecule has 2 aromatic carbocycles. The third-order valence-electron chi connectivity index (χ3n) is 12.2. The molecule has 0 atom stereocenters. The van der Waals surface area contributed by atoms with Gasteiger partial charge in [-0.1, -0.05) is 35.2 Å². The number of aryl methyl sites for hydroxylation is 2. The maximum Gasteiger partial charge on any atom is 1.00 e. The van der Waals surface area contributed by atoms with Crippen LogP contribution in [0.25, 0.3) is 42.7 Å². The maximum atomic E-state index is 13.8. The van der Waals surface area contributed by atoms with Gasteiger partial charge < -0.3 is 46.8 Å². The van der Waals surface area contributed by atoms with Gasteiger partial charge in [-0.15, -0.1) is 22.7 Å². The number of ether oxygens (including phenoxy) is 2. The van der Waals surface area contributed by atoms with Crippen molar-refractivity contribution in [1.29, 1.82) is 0 Å². The second-order valence-corrected chi connectivity index (χ2v) is 20.2. The van der Waals surface area contributed by atoms with E-state index in [0.29, 0.717) is 40.8 Å². The van der Waals surface area contributed by atoms with Crippen molar-refractivity contribution in [3.8, 4) is 33.8 Å². The van der Waals surface area contributed by atoms with Gasteiger partial charge in [-0.3, -0.25) is 14.2 Å². The molecule has 10 rings (SSSR count). The fourth-order valence-corrected chi connectivity index (χ4v) is 10.8. The van der Waals surface area contributed by atoms with Gasteiger partial charge in [-0.25, -0.2) is 28.7 Å². The summed E-state index contributed by atoms with van der Waals surface area (Å²) in [5, 5.41) is 41.7. The Morgan fingerprint density at radius 1 is 0.747 bits per heavy atom. The van der Waals surface area contributed by atoms with Crippen LogP contribution in [0.1, 0.15) is 68.2 Å². The van der Waals surface area contributed by atoms with Crippen LogP contribution in [-0.4, -0.2) is 113 Å². The van der Waals surface area contributed by atoms with E-state index >= 15 is 0 Å². The summed E-state index contributed by atoms with van der Waals surface area (Å²) in [5.74, 6) is 1.28. The summed E-state index contributed by atoms with van der Waals surface area (Å²) in [6.07, 6.45) is 19.5. The van der Waals surface area contributed by atoms with Crippen LogP contribution in [0.2, 0.25) is 0 Å². The van der Waals surface area contributed by atoms with Crippen molar-refractivity contribution < 1.29 is 148 Å². The van der Waals surface area contributed by atoms with Crippen LogP contribution in [0.5, 0.6) is 11.5 Å². The number of aliphatic hydroxyl groups excluding tert-OH is 2. The van der Waals surface area contributed by atoms with Gasteiger partial charge in [0, 0.05) is 81.5 Å². The number of β-amino-alcohol motifs (C(OH)–C–C–N with tert-alkyl or cyclic N) is 1. The summed E-state index contributed by atoms with van der Waals surface area (Å²) < 4.78 is 44.3. The third-order valence-corrected chi connectivity index (χ3v) is 14.6. The molecule has 0 spiro atoms. The average molecular weight is 1190 g/mol. The summed E-state index contributed by atoms with van der Waals surface area (Å²) in [4.78, 5) is 34.2. The number of alkyl halides is 1. The van der Waals surface area contributed by atoms with Crippen molar-refractivity contribution in [2.75, 3.05) is 63.0 Å². The SMILES string of the molecule is COc1cc(F)ccc1-c1c(C)sc2cnc(Nc3cnn(C4CCCCC4)c3)nc12.COc1cc(F)ccc1-c1c(C)sc2cnc(Nc3cnn(C4CCN(CCO)CC4)c3)nc12.O=CO[O-].OCCBr.[H-].[K+].[K+]. The fraction of sp³-hybridized carbons (Fsp3) is 0.380. The van der Waals surface area contributed by atoms with E-state index in [1.54, 1.807) is 48.1 Å². The molecule has 390 valence electrons. The molecule has 1 saturated carbocycles.